The van der Waals surface area contributed by atoms with E-state index in [0.29, 0.717) is 21.6 Å². The van der Waals surface area contributed by atoms with Crippen LogP contribution in [0.1, 0.15) is 23.0 Å². The minimum atomic E-state index is -0.595. The van der Waals surface area contributed by atoms with Crippen LogP contribution in [0, 0.1) is 0 Å². The van der Waals surface area contributed by atoms with Crippen LogP contribution < -0.4 is 0 Å². The molecular formula is C15H11Cl2NO2. The molecule has 1 aromatic heterocycles. The monoisotopic (exact) mass is 307 g/mol. The van der Waals surface area contributed by atoms with Crippen molar-refractivity contribution in [3.63, 3.8) is 0 Å². The molecule has 5 heteroatoms. The average molecular weight is 308 g/mol. The largest absolute Gasteiger partial charge is 0.460 e. The van der Waals surface area contributed by atoms with Crippen molar-refractivity contribution in [1.82, 2.24) is 4.98 Å². The Hall–Kier alpha value is -1.55. The summed E-state index contributed by atoms with van der Waals surface area (Å²) in [6, 6.07) is 11.5. The van der Waals surface area contributed by atoms with Crippen LogP contribution in [0.5, 0.6) is 0 Å². The average Bonchev–Trinajstić information content (AvgIpc) is 2.46. The van der Waals surface area contributed by atoms with Crippen molar-refractivity contribution in [1.29, 1.82) is 0 Å². The van der Waals surface area contributed by atoms with E-state index < -0.39 is 6.29 Å². The van der Waals surface area contributed by atoms with Crippen molar-refractivity contribution >= 4 is 35.0 Å². The Morgan fingerprint density at radius 3 is 2.65 bits per heavy atom. The van der Waals surface area contributed by atoms with E-state index in [1.165, 1.54) is 0 Å². The number of ether oxygens (including phenoxy) is 2. The number of hydrogen-bond donors (Lipinski definition) is 0. The molecule has 0 amide bonds. The lowest BCUT2D eigenvalue weighted by Gasteiger charge is -2.26. The van der Waals surface area contributed by atoms with Crippen molar-refractivity contribution < 1.29 is 9.47 Å². The van der Waals surface area contributed by atoms with Gasteiger partial charge in [-0.3, -0.25) is 0 Å². The molecule has 2 aromatic rings. The summed E-state index contributed by atoms with van der Waals surface area (Å²) in [5, 5.41) is 0.636. The molecule has 1 aromatic carbocycles. The number of nitrogens with zero attached hydrogens (tertiary/aromatic N) is 1. The zero-order valence-electron chi connectivity index (χ0n) is 10.6. The molecule has 1 atom stereocenters. The Balaban J connectivity index is 2.14. The molecule has 0 aliphatic carbocycles. The Morgan fingerprint density at radius 1 is 1.20 bits per heavy atom. The van der Waals surface area contributed by atoms with Crippen molar-refractivity contribution in [2.24, 2.45) is 0 Å². The van der Waals surface area contributed by atoms with E-state index in [-0.39, 0.29) is 0 Å². The van der Waals surface area contributed by atoms with Gasteiger partial charge in [-0.05, 0) is 17.7 Å². The molecule has 1 unspecified atom stereocenters. The number of aromatic nitrogens is 1. The van der Waals surface area contributed by atoms with Gasteiger partial charge in [-0.2, -0.15) is 0 Å². The number of pyridine rings is 1. The fourth-order valence-electron chi connectivity index (χ4n) is 2.13. The number of fused-ring (bicyclic) bond motifs is 1. The van der Waals surface area contributed by atoms with Crippen LogP contribution >= 0.6 is 23.2 Å². The molecule has 102 valence electrons. The third-order valence-corrected chi connectivity index (χ3v) is 3.52. The predicted molar refractivity (Wildman–Crippen MR) is 79.4 cm³/mol. The SMILES string of the molecule is COC1OC(c2ccccc2)=Cc2cc(Cl)nc(Cl)c21. The van der Waals surface area contributed by atoms with Crippen molar-refractivity contribution in [2.45, 2.75) is 6.29 Å². The summed E-state index contributed by atoms with van der Waals surface area (Å²) in [5.74, 6) is 0.711. The van der Waals surface area contributed by atoms with Gasteiger partial charge in [0.25, 0.3) is 0 Å². The molecule has 2 heterocycles. The van der Waals surface area contributed by atoms with E-state index in [1.807, 2.05) is 36.4 Å². The first-order valence-electron chi connectivity index (χ1n) is 6.01. The van der Waals surface area contributed by atoms with Gasteiger partial charge in [0.2, 0.25) is 6.29 Å². The summed E-state index contributed by atoms with van der Waals surface area (Å²) >= 11 is 12.1. The maximum absolute atomic E-state index is 6.13. The molecule has 20 heavy (non-hydrogen) atoms. The summed E-state index contributed by atoms with van der Waals surface area (Å²) in [4.78, 5) is 4.02. The normalized spacial score (nSPS) is 17.1. The second kappa shape index (κ2) is 5.44. The first kappa shape index (κ1) is 13.4. The van der Waals surface area contributed by atoms with Gasteiger partial charge >= 0.3 is 0 Å². The quantitative estimate of drug-likeness (QED) is 0.762. The number of benzene rings is 1. The Bertz CT molecular complexity index is 671. The van der Waals surface area contributed by atoms with E-state index in [4.69, 9.17) is 32.7 Å². The van der Waals surface area contributed by atoms with Gasteiger partial charge in [0.1, 0.15) is 16.1 Å². The molecule has 0 fully saturated rings. The first-order chi connectivity index (χ1) is 9.69. The van der Waals surface area contributed by atoms with Gasteiger partial charge < -0.3 is 9.47 Å². The van der Waals surface area contributed by atoms with Crippen LogP contribution in [0.15, 0.2) is 36.4 Å². The van der Waals surface area contributed by atoms with Gasteiger partial charge in [-0.1, -0.05) is 53.5 Å². The van der Waals surface area contributed by atoms with Gasteiger partial charge in [0.05, 0.1) is 5.56 Å². The maximum Gasteiger partial charge on any atom is 0.230 e. The molecule has 0 saturated carbocycles. The van der Waals surface area contributed by atoms with Gasteiger partial charge in [0, 0.05) is 12.7 Å². The molecule has 1 aliphatic heterocycles. The summed E-state index contributed by atoms with van der Waals surface area (Å²) in [6.45, 7) is 0. The number of hydrogen-bond acceptors (Lipinski definition) is 3. The highest BCUT2D eigenvalue weighted by atomic mass is 35.5. The predicted octanol–water partition coefficient (Wildman–Crippen LogP) is 4.56. The smallest absolute Gasteiger partial charge is 0.230 e. The molecule has 0 N–H and O–H groups in total. The van der Waals surface area contributed by atoms with Crippen LogP contribution in [-0.2, 0) is 9.47 Å². The highest BCUT2D eigenvalue weighted by Gasteiger charge is 2.27. The van der Waals surface area contributed by atoms with E-state index in [9.17, 15) is 0 Å². The fraction of sp³-hybridized carbons (Fsp3) is 0.133. The van der Waals surface area contributed by atoms with Gasteiger partial charge in [0.15, 0.2) is 0 Å². The molecule has 0 bridgehead atoms. The van der Waals surface area contributed by atoms with Gasteiger partial charge in [-0.15, -0.1) is 0 Å². The molecular weight excluding hydrogens is 297 g/mol. The zero-order valence-corrected chi connectivity index (χ0v) is 12.2. The Morgan fingerprint density at radius 2 is 1.95 bits per heavy atom. The van der Waals surface area contributed by atoms with E-state index >= 15 is 0 Å². The number of rotatable bonds is 2. The molecule has 0 spiro atoms. The molecule has 0 radical (unpaired) electrons. The fourth-order valence-corrected chi connectivity index (χ4v) is 2.67. The van der Waals surface area contributed by atoms with Crippen LogP contribution in [0.25, 0.3) is 11.8 Å². The van der Waals surface area contributed by atoms with Crippen molar-refractivity contribution in [3.8, 4) is 0 Å². The second-order valence-corrected chi connectivity index (χ2v) is 5.04. The molecule has 3 nitrogen and oxygen atoms in total. The zero-order chi connectivity index (χ0) is 14.1. The van der Waals surface area contributed by atoms with Crippen molar-refractivity contribution in [3.05, 3.63) is 63.4 Å². The number of methoxy groups -OCH3 is 1. The summed E-state index contributed by atoms with van der Waals surface area (Å²) in [6.07, 6.45) is 1.29. The van der Waals surface area contributed by atoms with E-state index in [0.717, 1.165) is 11.1 Å². The maximum atomic E-state index is 6.13. The lowest BCUT2D eigenvalue weighted by Crippen LogP contribution is -2.13. The summed E-state index contributed by atoms with van der Waals surface area (Å²) in [7, 11) is 1.56. The lowest BCUT2D eigenvalue weighted by molar-refractivity contribution is -0.0766. The topological polar surface area (TPSA) is 31.4 Å². The van der Waals surface area contributed by atoms with E-state index in [2.05, 4.69) is 4.98 Å². The Kier molecular flexibility index (Phi) is 3.66. The minimum Gasteiger partial charge on any atom is -0.460 e. The molecule has 1 aliphatic rings. The molecule has 3 rings (SSSR count). The number of halogens is 2. The minimum absolute atomic E-state index is 0.294. The van der Waals surface area contributed by atoms with Crippen molar-refractivity contribution in [2.75, 3.05) is 7.11 Å². The standard InChI is InChI=1S/C15H11Cl2NO2/c1-19-15-13-10(8-12(16)18-14(13)17)7-11(20-15)9-5-3-2-4-6-9/h2-8,15H,1H3. The van der Waals surface area contributed by atoms with Crippen LogP contribution in [0.3, 0.4) is 0 Å². The highest BCUT2D eigenvalue weighted by molar-refractivity contribution is 6.33. The summed E-state index contributed by atoms with van der Waals surface area (Å²) < 4.78 is 11.2. The van der Waals surface area contributed by atoms with E-state index in [1.54, 1.807) is 13.2 Å². The van der Waals surface area contributed by atoms with Gasteiger partial charge in [-0.25, -0.2) is 4.98 Å². The second-order valence-electron chi connectivity index (χ2n) is 4.30. The van der Waals surface area contributed by atoms with Crippen LogP contribution in [-0.4, -0.2) is 12.1 Å². The summed E-state index contributed by atoms with van der Waals surface area (Å²) in [5.41, 5.74) is 2.51. The third kappa shape index (κ3) is 2.40. The van der Waals surface area contributed by atoms with Crippen LogP contribution in [0.2, 0.25) is 10.3 Å². The van der Waals surface area contributed by atoms with Crippen LogP contribution in [0.4, 0.5) is 0 Å². The third-order valence-electron chi connectivity index (χ3n) is 3.04. The Labute approximate surface area is 126 Å². The lowest BCUT2D eigenvalue weighted by atomic mass is 10.0. The highest BCUT2D eigenvalue weighted by Crippen LogP contribution is 2.39. The molecule has 0 saturated heterocycles. The first-order valence-corrected chi connectivity index (χ1v) is 6.77.